The minimum absolute atomic E-state index is 0.104. The zero-order chi connectivity index (χ0) is 20.8. The highest BCUT2D eigenvalue weighted by atomic mass is 79.9. The second-order valence-electron chi connectivity index (χ2n) is 6.24. The Morgan fingerprint density at radius 2 is 2.14 bits per heavy atom. The second kappa shape index (κ2) is 9.76. The molecule has 0 unspecified atom stereocenters. The van der Waals surface area contributed by atoms with Crippen LogP contribution in [0, 0.1) is 6.92 Å². The standard InChI is InChI=1S/C21H21BrN4O2S/c1-4-10-26-20(15-6-5-7-17(12-15)28-3)24-25-21(26)29-13-19(27)23-16-8-9-18(22)14(2)11-16/h4-9,11-12H,1,10,13H2,2-3H3,(H,23,27). The van der Waals surface area contributed by atoms with E-state index in [2.05, 4.69) is 38.0 Å². The van der Waals surface area contributed by atoms with Gasteiger partial charge in [0, 0.05) is 22.3 Å². The summed E-state index contributed by atoms with van der Waals surface area (Å²) in [6.07, 6.45) is 1.78. The number of rotatable bonds is 8. The molecule has 0 fully saturated rings. The summed E-state index contributed by atoms with van der Waals surface area (Å²) >= 11 is 4.80. The minimum atomic E-state index is -0.104. The lowest BCUT2D eigenvalue weighted by Gasteiger charge is -2.09. The monoisotopic (exact) mass is 472 g/mol. The van der Waals surface area contributed by atoms with Gasteiger partial charge in [0.15, 0.2) is 11.0 Å². The molecule has 1 N–H and O–H groups in total. The molecule has 0 saturated heterocycles. The number of halogens is 1. The highest BCUT2D eigenvalue weighted by Crippen LogP contribution is 2.27. The molecule has 0 bridgehead atoms. The van der Waals surface area contributed by atoms with Crippen LogP contribution < -0.4 is 10.1 Å². The van der Waals surface area contributed by atoms with E-state index in [0.717, 1.165) is 27.0 Å². The molecule has 1 aromatic heterocycles. The highest BCUT2D eigenvalue weighted by Gasteiger charge is 2.15. The Kier molecular flexibility index (Phi) is 7.11. The average molecular weight is 473 g/mol. The lowest BCUT2D eigenvalue weighted by Crippen LogP contribution is -2.14. The molecule has 0 spiro atoms. The van der Waals surface area contributed by atoms with Crippen LogP contribution in [0.5, 0.6) is 5.75 Å². The third kappa shape index (κ3) is 5.27. The number of carbonyl (C=O) groups is 1. The Bertz CT molecular complexity index is 1040. The maximum atomic E-state index is 12.4. The van der Waals surface area contributed by atoms with Crippen molar-refractivity contribution in [3.8, 4) is 17.1 Å². The summed E-state index contributed by atoms with van der Waals surface area (Å²) < 4.78 is 8.24. The van der Waals surface area contributed by atoms with Crippen LogP contribution in [-0.4, -0.2) is 33.5 Å². The first-order valence-corrected chi connectivity index (χ1v) is 10.7. The first kappa shape index (κ1) is 21.1. The van der Waals surface area contributed by atoms with Crippen LogP contribution in [0.3, 0.4) is 0 Å². The summed E-state index contributed by atoms with van der Waals surface area (Å²) in [7, 11) is 1.63. The number of hydrogen-bond acceptors (Lipinski definition) is 5. The number of hydrogen-bond donors (Lipinski definition) is 1. The van der Waals surface area contributed by atoms with E-state index in [1.54, 1.807) is 13.2 Å². The van der Waals surface area contributed by atoms with Crippen LogP contribution in [-0.2, 0) is 11.3 Å². The van der Waals surface area contributed by atoms with Crippen LogP contribution in [0.4, 0.5) is 5.69 Å². The Morgan fingerprint density at radius 1 is 1.31 bits per heavy atom. The molecule has 0 aliphatic carbocycles. The van der Waals surface area contributed by atoms with E-state index in [-0.39, 0.29) is 11.7 Å². The van der Waals surface area contributed by atoms with Gasteiger partial charge in [0.05, 0.1) is 12.9 Å². The van der Waals surface area contributed by atoms with Crippen molar-refractivity contribution < 1.29 is 9.53 Å². The molecule has 8 heteroatoms. The fourth-order valence-electron chi connectivity index (χ4n) is 2.71. The molecular formula is C21H21BrN4O2S. The van der Waals surface area contributed by atoms with E-state index >= 15 is 0 Å². The number of aromatic nitrogens is 3. The second-order valence-corrected chi connectivity index (χ2v) is 8.04. The molecule has 1 heterocycles. The third-order valence-electron chi connectivity index (χ3n) is 4.13. The van der Waals surface area contributed by atoms with Crippen molar-refractivity contribution >= 4 is 39.3 Å². The molecule has 0 saturated carbocycles. The van der Waals surface area contributed by atoms with Crippen LogP contribution in [0.15, 0.2) is 64.7 Å². The number of methoxy groups -OCH3 is 1. The van der Waals surface area contributed by atoms with Gasteiger partial charge in [-0.15, -0.1) is 16.8 Å². The quantitative estimate of drug-likeness (QED) is 0.371. The number of carbonyl (C=O) groups excluding carboxylic acids is 1. The van der Waals surface area contributed by atoms with Gasteiger partial charge in [-0.05, 0) is 42.8 Å². The van der Waals surface area contributed by atoms with Crippen molar-refractivity contribution in [1.29, 1.82) is 0 Å². The number of ether oxygens (including phenoxy) is 1. The van der Waals surface area contributed by atoms with Crippen LogP contribution >= 0.6 is 27.7 Å². The maximum absolute atomic E-state index is 12.4. The van der Waals surface area contributed by atoms with E-state index in [9.17, 15) is 4.79 Å². The molecule has 0 atom stereocenters. The number of amides is 1. The molecule has 1 amide bonds. The third-order valence-corrected chi connectivity index (χ3v) is 5.99. The molecule has 0 aliphatic heterocycles. The predicted octanol–water partition coefficient (Wildman–Crippen LogP) is 4.94. The van der Waals surface area contributed by atoms with Crippen molar-refractivity contribution in [1.82, 2.24) is 14.8 Å². The molecule has 2 aromatic carbocycles. The Labute approximate surface area is 182 Å². The van der Waals surface area contributed by atoms with E-state index < -0.39 is 0 Å². The van der Waals surface area contributed by atoms with Gasteiger partial charge in [-0.25, -0.2) is 0 Å². The Morgan fingerprint density at radius 3 is 2.86 bits per heavy atom. The van der Waals surface area contributed by atoms with E-state index in [0.29, 0.717) is 17.5 Å². The number of anilines is 1. The van der Waals surface area contributed by atoms with Crippen LogP contribution in [0.25, 0.3) is 11.4 Å². The smallest absolute Gasteiger partial charge is 0.234 e. The maximum Gasteiger partial charge on any atom is 0.234 e. The topological polar surface area (TPSA) is 69.0 Å². The lowest BCUT2D eigenvalue weighted by molar-refractivity contribution is -0.113. The van der Waals surface area contributed by atoms with Gasteiger partial charge in [-0.1, -0.05) is 45.9 Å². The van der Waals surface area contributed by atoms with Crippen molar-refractivity contribution in [2.75, 3.05) is 18.2 Å². The lowest BCUT2D eigenvalue weighted by atomic mass is 10.2. The summed E-state index contributed by atoms with van der Waals surface area (Å²) in [5.74, 6) is 1.57. The van der Waals surface area contributed by atoms with E-state index in [4.69, 9.17) is 4.74 Å². The number of aryl methyl sites for hydroxylation is 1. The summed E-state index contributed by atoms with van der Waals surface area (Å²) in [5.41, 5.74) is 2.71. The normalized spacial score (nSPS) is 10.6. The van der Waals surface area contributed by atoms with Gasteiger partial charge in [0.1, 0.15) is 5.75 Å². The zero-order valence-electron chi connectivity index (χ0n) is 16.2. The van der Waals surface area contributed by atoms with Crippen molar-refractivity contribution in [3.05, 3.63) is 65.2 Å². The number of allylic oxidation sites excluding steroid dienone is 1. The minimum Gasteiger partial charge on any atom is -0.497 e. The van der Waals surface area contributed by atoms with Crippen LogP contribution in [0.1, 0.15) is 5.56 Å². The molecule has 3 rings (SSSR count). The fraction of sp³-hybridized carbons (Fsp3) is 0.190. The molecular weight excluding hydrogens is 452 g/mol. The van der Waals surface area contributed by atoms with E-state index in [1.807, 2.05) is 54.0 Å². The van der Waals surface area contributed by atoms with E-state index in [1.165, 1.54) is 11.8 Å². The summed E-state index contributed by atoms with van der Waals surface area (Å²) in [5, 5.41) is 12.2. The molecule has 6 nitrogen and oxygen atoms in total. The molecule has 29 heavy (non-hydrogen) atoms. The largest absolute Gasteiger partial charge is 0.497 e. The highest BCUT2D eigenvalue weighted by molar-refractivity contribution is 9.10. The number of benzene rings is 2. The van der Waals surface area contributed by atoms with Crippen molar-refractivity contribution in [2.45, 2.75) is 18.6 Å². The van der Waals surface area contributed by atoms with Gasteiger partial charge < -0.3 is 10.1 Å². The number of thioether (sulfide) groups is 1. The van der Waals surface area contributed by atoms with Gasteiger partial charge >= 0.3 is 0 Å². The van der Waals surface area contributed by atoms with Gasteiger partial charge in [-0.2, -0.15) is 0 Å². The Balaban J connectivity index is 1.73. The number of nitrogens with zero attached hydrogens (tertiary/aromatic N) is 3. The first-order valence-electron chi connectivity index (χ1n) is 8.89. The SMILES string of the molecule is C=CCn1c(SCC(=O)Nc2ccc(Br)c(C)c2)nnc1-c1cccc(OC)c1. The summed E-state index contributed by atoms with van der Waals surface area (Å²) in [6, 6.07) is 13.3. The predicted molar refractivity (Wildman–Crippen MR) is 120 cm³/mol. The summed E-state index contributed by atoms with van der Waals surface area (Å²) in [4.78, 5) is 12.4. The van der Waals surface area contributed by atoms with Gasteiger partial charge in [-0.3, -0.25) is 9.36 Å². The van der Waals surface area contributed by atoms with Crippen LogP contribution in [0.2, 0.25) is 0 Å². The average Bonchev–Trinajstić information content (AvgIpc) is 3.12. The van der Waals surface area contributed by atoms with Gasteiger partial charge in [0.25, 0.3) is 0 Å². The Hall–Kier alpha value is -2.58. The summed E-state index contributed by atoms with van der Waals surface area (Å²) in [6.45, 7) is 6.33. The number of nitrogens with one attached hydrogen (secondary N) is 1. The molecule has 0 aliphatic rings. The van der Waals surface area contributed by atoms with Crippen molar-refractivity contribution in [3.63, 3.8) is 0 Å². The molecule has 0 radical (unpaired) electrons. The zero-order valence-corrected chi connectivity index (χ0v) is 18.6. The van der Waals surface area contributed by atoms with Gasteiger partial charge in [0.2, 0.25) is 5.91 Å². The molecule has 3 aromatic rings. The fourth-order valence-corrected chi connectivity index (χ4v) is 3.71. The first-order chi connectivity index (χ1) is 14.0. The molecule has 150 valence electrons. The van der Waals surface area contributed by atoms with Crippen molar-refractivity contribution in [2.24, 2.45) is 0 Å².